The first-order valence-corrected chi connectivity index (χ1v) is 6.22. The van der Waals surface area contributed by atoms with Crippen LogP contribution in [0, 0.1) is 11.7 Å². The minimum atomic E-state index is -0.270. The van der Waals surface area contributed by atoms with Gasteiger partial charge in [-0.1, -0.05) is 31.2 Å². The van der Waals surface area contributed by atoms with Crippen molar-refractivity contribution >= 4 is 6.29 Å². The van der Waals surface area contributed by atoms with Crippen LogP contribution >= 0.6 is 0 Å². The molecular weight excluding hydrogens is 245 g/mol. The number of hydrogen-bond acceptors (Lipinski definition) is 3. The summed E-state index contributed by atoms with van der Waals surface area (Å²) in [5.74, 6) is 0.140. The van der Waals surface area contributed by atoms with Gasteiger partial charge in [0.2, 0.25) is 0 Å². The summed E-state index contributed by atoms with van der Waals surface area (Å²) in [5.41, 5.74) is 2.05. The molecule has 19 heavy (non-hydrogen) atoms. The average Bonchev–Trinajstić information content (AvgIpc) is 2.74. The van der Waals surface area contributed by atoms with Crippen molar-refractivity contribution in [1.29, 1.82) is 0 Å². The molecule has 0 amide bonds. The highest BCUT2D eigenvalue weighted by molar-refractivity contribution is 5.73. The topological polar surface area (TPSA) is 47.8 Å². The molecular formula is C14H16FN3O. The summed E-state index contributed by atoms with van der Waals surface area (Å²) in [5, 5.41) is 7.87. The van der Waals surface area contributed by atoms with Crippen molar-refractivity contribution in [1.82, 2.24) is 15.0 Å². The summed E-state index contributed by atoms with van der Waals surface area (Å²) >= 11 is 0. The maximum absolute atomic E-state index is 12.9. The zero-order valence-corrected chi connectivity index (χ0v) is 11.0. The third-order valence-corrected chi connectivity index (χ3v) is 2.80. The van der Waals surface area contributed by atoms with Crippen LogP contribution in [0.3, 0.4) is 0 Å². The quantitative estimate of drug-likeness (QED) is 0.777. The van der Waals surface area contributed by atoms with Crippen molar-refractivity contribution in [3.8, 4) is 0 Å². The third-order valence-electron chi connectivity index (χ3n) is 2.80. The van der Waals surface area contributed by atoms with Gasteiger partial charge in [-0.3, -0.25) is 4.79 Å². The standard InChI is InChI=1S/C14H16FN3O/c1-10(2)8-18-14(13(9-19)16-17-18)7-11-3-5-12(15)6-4-11/h3-6,9-10H,7-8H2,1-2H3. The molecule has 0 aliphatic heterocycles. The van der Waals surface area contributed by atoms with E-state index in [1.54, 1.807) is 16.8 Å². The van der Waals surface area contributed by atoms with Gasteiger partial charge in [0, 0.05) is 13.0 Å². The van der Waals surface area contributed by atoms with Crippen LogP contribution in [0.1, 0.15) is 35.6 Å². The minimum Gasteiger partial charge on any atom is -0.296 e. The van der Waals surface area contributed by atoms with Gasteiger partial charge in [-0.2, -0.15) is 0 Å². The van der Waals surface area contributed by atoms with Gasteiger partial charge >= 0.3 is 0 Å². The Hall–Kier alpha value is -2.04. The molecule has 0 unspecified atom stereocenters. The van der Waals surface area contributed by atoms with Crippen LogP contribution in [0.2, 0.25) is 0 Å². The van der Waals surface area contributed by atoms with E-state index in [-0.39, 0.29) is 5.82 Å². The second-order valence-electron chi connectivity index (χ2n) is 4.92. The SMILES string of the molecule is CC(C)Cn1nnc(C=O)c1Cc1ccc(F)cc1. The van der Waals surface area contributed by atoms with Crippen molar-refractivity contribution in [3.05, 3.63) is 47.0 Å². The van der Waals surface area contributed by atoms with Crippen LogP contribution in [0.25, 0.3) is 0 Å². The van der Waals surface area contributed by atoms with Crippen molar-refractivity contribution in [3.63, 3.8) is 0 Å². The van der Waals surface area contributed by atoms with Gasteiger partial charge in [0.25, 0.3) is 0 Å². The second-order valence-corrected chi connectivity index (χ2v) is 4.92. The Morgan fingerprint density at radius 1 is 1.32 bits per heavy atom. The molecule has 2 aromatic rings. The number of benzene rings is 1. The van der Waals surface area contributed by atoms with Crippen LogP contribution in [0.15, 0.2) is 24.3 Å². The lowest BCUT2D eigenvalue weighted by atomic mass is 10.1. The van der Waals surface area contributed by atoms with E-state index in [0.717, 1.165) is 11.3 Å². The van der Waals surface area contributed by atoms with E-state index < -0.39 is 0 Å². The van der Waals surface area contributed by atoms with E-state index >= 15 is 0 Å². The number of nitrogens with zero attached hydrogens (tertiary/aromatic N) is 3. The van der Waals surface area contributed by atoms with E-state index in [4.69, 9.17) is 0 Å². The summed E-state index contributed by atoms with van der Waals surface area (Å²) in [4.78, 5) is 11.0. The van der Waals surface area contributed by atoms with Crippen molar-refractivity contribution in [2.75, 3.05) is 0 Å². The molecule has 0 radical (unpaired) electrons. The fraction of sp³-hybridized carbons (Fsp3) is 0.357. The zero-order chi connectivity index (χ0) is 13.8. The lowest BCUT2D eigenvalue weighted by Gasteiger charge is -2.09. The first-order valence-electron chi connectivity index (χ1n) is 6.22. The summed E-state index contributed by atoms with van der Waals surface area (Å²) in [6.45, 7) is 4.85. The molecule has 0 fully saturated rings. The smallest absolute Gasteiger partial charge is 0.172 e. The fourth-order valence-corrected chi connectivity index (χ4v) is 1.91. The Labute approximate surface area is 111 Å². The van der Waals surface area contributed by atoms with E-state index in [9.17, 15) is 9.18 Å². The Bertz CT molecular complexity index is 561. The van der Waals surface area contributed by atoms with Crippen LogP contribution in [0.4, 0.5) is 4.39 Å². The average molecular weight is 261 g/mol. The molecule has 1 aromatic carbocycles. The number of rotatable bonds is 5. The number of aldehydes is 1. The molecule has 0 saturated carbocycles. The largest absolute Gasteiger partial charge is 0.296 e. The zero-order valence-electron chi connectivity index (χ0n) is 11.0. The van der Waals surface area contributed by atoms with Crippen molar-refractivity contribution in [2.45, 2.75) is 26.8 Å². The highest BCUT2D eigenvalue weighted by Gasteiger charge is 2.13. The van der Waals surface area contributed by atoms with Gasteiger partial charge in [-0.25, -0.2) is 9.07 Å². The van der Waals surface area contributed by atoms with E-state index in [1.807, 2.05) is 0 Å². The number of aromatic nitrogens is 3. The molecule has 0 spiro atoms. The van der Waals surface area contributed by atoms with E-state index in [0.29, 0.717) is 30.9 Å². The summed E-state index contributed by atoms with van der Waals surface area (Å²) < 4.78 is 14.6. The second kappa shape index (κ2) is 5.73. The Kier molecular flexibility index (Phi) is 4.04. The van der Waals surface area contributed by atoms with Gasteiger partial charge in [0.15, 0.2) is 6.29 Å². The number of carbonyl (C=O) groups is 1. The molecule has 0 bridgehead atoms. The van der Waals surface area contributed by atoms with Crippen LogP contribution in [0.5, 0.6) is 0 Å². The lowest BCUT2D eigenvalue weighted by Crippen LogP contribution is -2.11. The van der Waals surface area contributed by atoms with Gasteiger partial charge in [-0.05, 0) is 23.6 Å². The number of halogens is 1. The number of hydrogen-bond donors (Lipinski definition) is 0. The maximum atomic E-state index is 12.9. The minimum absolute atomic E-state index is 0.270. The summed E-state index contributed by atoms with van der Waals surface area (Å²) in [6.07, 6.45) is 1.23. The molecule has 0 aliphatic rings. The van der Waals surface area contributed by atoms with Gasteiger partial charge < -0.3 is 0 Å². The van der Waals surface area contributed by atoms with Crippen molar-refractivity contribution in [2.24, 2.45) is 5.92 Å². The predicted octanol–water partition coefficient (Wildman–Crippen LogP) is 2.48. The molecule has 0 aliphatic carbocycles. The van der Waals surface area contributed by atoms with Gasteiger partial charge in [-0.15, -0.1) is 5.10 Å². The Balaban J connectivity index is 2.29. The molecule has 100 valence electrons. The highest BCUT2D eigenvalue weighted by Crippen LogP contribution is 2.13. The third kappa shape index (κ3) is 3.24. The lowest BCUT2D eigenvalue weighted by molar-refractivity contribution is 0.111. The van der Waals surface area contributed by atoms with E-state index in [1.165, 1.54) is 12.1 Å². The molecule has 5 heteroatoms. The molecule has 0 N–H and O–H groups in total. The molecule has 1 aromatic heterocycles. The number of carbonyl (C=O) groups excluding carboxylic acids is 1. The molecule has 1 heterocycles. The monoisotopic (exact) mass is 261 g/mol. The Morgan fingerprint density at radius 3 is 2.58 bits per heavy atom. The molecule has 2 rings (SSSR count). The first-order chi connectivity index (χ1) is 9.10. The summed E-state index contributed by atoms with van der Waals surface area (Å²) in [7, 11) is 0. The maximum Gasteiger partial charge on any atom is 0.172 e. The van der Waals surface area contributed by atoms with Crippen LogP contribution < -0.4 is 0 Å². The fourth-order valence-electron chi connectivity index (χ4n) is 1.91. The van der Waals surface area contributed by atoms with Gasteiger partial charge in [0.1, 0.15) is 11.5 Å². The molecule has 0 atom stereocenters. The molecule has 0 saturated heterocycles. The highest BCUT2D eigenvalue weighted by atomic mass is 19.1. The summed E-state index contributed by atoms with van der Waals surface area (Å²) in [6, 6.07) is 6.23. The van der Waals surface area contributed by atoms with Gasteiger partial charge in [0.05, 0.1) is 5.69 Å². The van der Waals surface area contributed by atoms with Crippen molar-refractivity contribution < 1.29 is 9.18 Å². The van der Waals surface area contributed by atoms with E-state index in [2.05, 4.69) is 24.2 Å². The predicted molar refractivity (Wildman–Crippen MR) is 69.5 cm³/mol. The normalized spacial score (nSPS) is 10.9. The van der Waals surface area contributed by atoms with Crippen LogP contribution in [-0.2, 0) is 13.0 Å². The molecule has 4 nitrogen and oxygen atoms in total. The Morgan fingerprint density at radius 2 is 2.00 bits per heavy atom. The van der Waals surface area contributed by atoms with Crippen LogP contribution in [-0.4, -0.2) is 21.3 Å². The first kappa shape index (κ1) is 13.4.